The number of nitrogens with one attached hydrogen (secondary N) is 1. The van der Waals surface area contributed by atoms with Crippen molar-refractivity contribution >= 4 is 34.2 Å². The van der Waals surface area contributed by atoms with Crippen molar-refractivity contribution in [1.29, 1.82) is 0 Å². The Kier molecular flexibility index (Phi) is 7.25. The molecule has 232 valence electrons. The number of benzene rings is 6. The summed E-state index contributed by atoms with van der Waals surface area (Å²) in [5.74, 6) is 1.54. The van der Waals surface area contributed by atoms with Crippen LogP contribution in [-0.4, -0.2) is 23.9 Å². The summed E-state index contributed by atoms with van der Waals surface area (Å²) in [6, 6.07) is 51.5. The second-order valence-corrected chi connectivity index (χ2v) is 12.4. The highest BCUT2D eigenvalue weighted by atomic mass is 15.2. The van der Waals surface area contributed by atoms with Crippen LogP contribution in [0.4, 0.5) is 0 Å². The zero-order chi connectivity index (χ0) is 32.6. The number of allylic oxidation sites excluding steroid dienone is 3. The SMILES string of the molecule is C1=CC2=C(c3ccc(-c4ccc(-c5ccc(C6N=C(c7ccccc7)N=C(c7ccccc7)N6)cc5)c5ccccc45)cc3)C=NC2C=C1. The van der Waals surface area contributed by atoms with E-state index in [0.29, 0.717) is 0 Å². The van der Waals surface area contributed by atoms with E-state index in [1.54, 1.807) is 0 Å². The molecule has 9 rings (SSSR count). The van der Waals surface area contributed by atoms with Gasteiger partial charge >= 0.3 is 0 Å². The van der Waals surface area contributed by atoms with Crippen LogP contribution in [0.2, 0.25) is 0 Å². The predicted molar refractivity (Wildman–Crippen MR) is 204 cm³/mol. The van der Waals surface area contributed by atoms with Crippen molar-refractivity contribution in [3.63, 3.8) is 0 Å². The maximum absolute atomic E-state index is 5.05. The Balaban J connectivity index is 1.03. The van der Waals surface area contributed by atoms with Gasteiger partial charge in [-0.1, -0.05) is 170 Å². The topological polar surface area (TPSA) is 49.1 Å². The molecule has 1 N–H and O–H groups in total. The second kappa shape index (κ2) is 12.3. The first-order valence-electron chi connectivity index (χ1n) is 16.7. The number of fused-ring (bicyclic) bond motifs is 2. The quantitative estimate of drug-likeness (QED) is 0.196. The lowest BCUT2D eigenvalue weighted by molar-refractivity contribution is 0.674. The lowest BCUT2D eigenvalue weighted by atomic mass is 9.90. The average molecular weight is 629 g/mol. The van der Waals surface area contributed by atoms with E-state index in [0.717, 1.165) is 28.4 Å². The Bertz CT molecular complexity index is 2380. The number of nitrogens with zero attached hydrogens (tertiary/aromatic N) is 3. The lowest BCUT2D eigenvalue weighted by Crippen LogP contribution is -2.33. The number of hydrogen-bond donors (Lipinski definition) is 1. The van der Waals surface area contributed by atoms with Gasteiger partial charge in [0.1, 0.15) is 12.0 Å². The predicted octanol–water partition coefficient (Wildman–Crippen LogP) is 10.0. The Morgan fingerprint density at radius 1 is 0.510 bits per heavy atom. The summed E-state index contributed by atoms with van der Waals surface area (Å²) < 4.78 is 0. The monoisotopic (exact) mass is 628 g/mol. The van der Waals surface area contributed by atoms with Crippen molar-refractivity contribution in [2.24, 2.45) is 15.0 Å². The van der Waals surface area contributed by atoms with Gasteiger partial charge in [0, 0.05) is 22.9 Å². The molecule has 0 bridgehead atoms. The summed E-state index contributed by atoms with van der Waals surface area (Å²) in [4.78, 5) is 14.6. The summed E-state index contributed by atoms with van der Waals surface area (Å²) in [7, 11) is 0. The average Bonchev–Trinajstić information content (AvgIpc) is 3.62. The summed E-state index contributed by atoms with van der Waals surface area (Å²) in [6.45, 7) is 0. The van der Waals surface area contributed by atoms with Crippen LogP contribution in [0.25, 0.3) is 38.6 Å². The Morgan fingerprint density at radius 3 is 1.78 bits per heavy atom. The van der Waals surface area contributed by atoms with Crippen molar-refractivity contribution in [2.75, 3.05) is 0 Å². The first-order chi connectivity index (χ1) is 24.3. The largest absolute Gasteiger partial charge is 0.344 e. The van der Waals surface area contributed by atoms with E-state index in [2.05, 4.69) is 144 Å². The van der Waals surface area contributed by atoms with Crippen LogP contribution in [0.15, 0.2) is 190 Å². The molecule has 3 aliphatic rings. The fourth-order valence-electron chi connectivity index (χ4n) is 6.94. The first-order valence-corrected chi connectivity index (χ1v) is 16.7. The van der Waals surface area contributed by atoms with Crippen molar-refractivity contribution in [3.8, 4) is 22.3 Å². The van der Waals surface area contributed by atoms with Gasteiger partial charge in [-0.05, 0) is 49.7 Å². The molecule has 0 spiro atoms. The highest BCUT2D eigenvalue weighted by Gasteiger charge is 2.22. The van der Waals surface area contributed by atoms with Crippen LogP contribution in [0.3, 0.4) is 0 Å². The smallest absolute Gasteiger partial charge is 0.159 e. The molecule has 0 radical (unpaired) electrons. The van der Waals surface area contributed by atoms with E-state index < -0.39 is 0 Å². The van der Waals surface area contributed by atoms with Crippen LogP contribution < -0.4 is 5.32 Å². The third kappa shape index (κ3) is 5.43. The van der Waals surface area contributed by atoms with E-state index >= 15 is 0 Å². The number of aliphatic imine (C=N–C) groups is 3. The van der Waals surface area contributed by atoms with Crippen LogP contribution in [-0.2, 0) is 0 Å². The molecule has 6 aromatic rings. The third-order valence-corrected chi connectivity index (χ3v) is 9.46. The maximum Gasteiger partial charge on any atom is 0.159 e. The second-order valence-electron chi connectivity index (χ2n) is 12.4. The molecule has 6 aromatic carbocycles. The normalized spacial score (nSPS) is 17.9. The Labute approximate surface area is 286 Å². The zero-order valence-electron chi connectivity index (χ0n) is 26.7. The van der Waals surface area contributed by atoms with Crippen molar-refractivity contribution < 1.29 is 0 Å². The lowest BCUT2D eigenvalue weighted by Gasteiger charge is -2.24. The maximum atomic E-state index is 5.05. The van der Waals surface area contributed by atoms with Crippen LogP contribution in [0, 0.1) is 0 Å². The van der Waals surface area contributed by atoms with Gasteiger partial charge in [0.05, 0.1) is 6.04 Å². The van der Waals surface area contributed by atoms with Crippen molar-refractivity contribution in [3.05, 3.63) is 198 Å². The van der Waals surface area contributed by atoms with Crippen LogP contribution >= 0.6 is 0 Å². The fourth-order valence-corrected chi connectivity index (χ4v) is 6.94. The molecule has 0 saturated carbocycles. The minimum Gasteiger partial charge on any atom is -0.344 e. The van der Waals surface area contributed by atoms with Gasteiger partial charge < -0.3 is 5.32 Å². The van der Waals surface area contributed by atoms with Crippen molar-refractivity contribution in [2.45, 2.75) is 12.2 Å². The molecule has 2 atom stereocenters. The minimum atomic E-state index is -0.261. The molecule has 0 amide bonds. The third-order valence-electron chi connectivity index (χ3n) is 9.46. The minimum absolute atomic E-state index is 0.143. The summed E-state index contributed by atoms with van der Waals surface area (Å²) >= 11 is 0. The molecule has 0 saturated heterocycles. The number of hydrogen-bond acceptors (Lipinski definition) is 4. The molecule has 49 heavy (non-hydrogen) atoms. The van der Waals surface area contributed by atoms with Crippen LogP contribution in [0.1, 0.15) is 28.4 Å². The highest BCUT2D eigenvalue weighted by molar-refractivity contribution is 6.15. The van der Waals surface area contributed by atoms with E-state index in [4.69, 9.17) is 9.98 Å². The molecular weight excluding hydrogens is 597 g/mol. The Morgan fingerprint density at radius 2 is 1.10 bits per heavy atom. The summed E-state index contributed by atoms with van der Waals surface area (Å²) in [6.07, 6.45) is 10.2. The van der Waals surface area contributed by atoms with Gasteiger partial charge in [-0.15, -0.1) is 0 Å². The molecule has 4 nitrogen and oxygen atoms in total. The molecule has 1 aliphatic carbocycles. The van der Waals surface area contributed by atoms with Gasteiger partial charge in [-0.25, -0.2) is 9.98 Å². The van der Waals surface area contributed by atoms with E-state index in [1.165, 1.54) is 49.7 Å². The summed E-state index contributed by atoms with van der Waals surface area (Å²) in [5, 5.41) is 6.04. The Hall–Kier alpha value is -6.39. The molecular formula is C45H32N4. The van der Waals surface area contributed by atoms with E-state index in [9.17, 15) is 0 Å². The molecule has 0 fully saturated rings. The number of amidine groups is 2. The molecule has 2 aliphatic heterocycles. The standard InChI is InChI=1S/C45H32N4/c1-3-11-33(12-4-1)43-47-44(34-13-5-2-6-14-34)49-45(48-43)35-25-23-31(24-26-35)37-28-27-36(38-15-7-8-16-39(37)38)30-19-21-32(22-20-30)41-29-46-42-18-10-9-17-40(41)42/h1-29,42,45H,(H,47,48,49). The molecule has 2 unspecified atom stereocenters. The summed E-state index contributed by atoms with van der Waals surface area (Å²) in [5.41, 5.74) is 11.6. The van der Waals surface area contributed by atoms with Gasteiger partial charge in [-0.3, -0.25) is 4.99 Å². The molecule has 2 heterocycles. The first kappa shape index (κ1) is 28.8. The van der Waals surface area contributed by atoms with Crippen molar-refractivity contribution in [1.82, 2.24) is 5.32 Å². The van der Waals surface area contributed by atoms with Gasteiger partial charge in [-0.2, -0.15) is 0 Å². The van der Waals surface area contributed by atoms with Gasteiger partial charge in [0.2, 0.25) is 0 Å². The van der Waals surface area contributed by atoms with E-state index in [-0.39, 0.29) is 12.2 Å². The van der Waals surface area contributed by atoms with E-state index in [1.807, 2.05) is 42.6 Å². The highest BCUT2D eigenvalue weighted by Crippen LogP contribution is 2.37. The molecule has 4 heteroatoms. The zero-order valence-corrected chi connectivity index (χ0v) is 26.7. The van der Waals surface area contributed by atoms with Gasteiger partial charge in [0.15, 0.2) is 5.84 Å². The molecule has 0 aromatic heterocycles. The fraction of sp³-hybridized carbons (Fsp3) is 0.0444. The van der Waals surface area contributed by atoms with Crippen LogP contribution in [0.5, 0.6) is 0 Å². The van der Waals surface area contributed by atoms with Gasteiger partial charge in [0.25, 0.3) is 0 Å². The number of rotatable bonds is 6.